The summed E-state index contributed by atoms with van der Waals surface area (Å²) in [5.74, 6) is -0.177. The molecule has 32 heavy (non-hydrogen) atoms. The molecule has 2 aliphatic heterocycles. The molecular formula is C26H31N3O3. The van der Waals surface area contributed by atoms with Gasteiger partial charge in [-0.25, -0.2) is 0 Å². The standard InChI is InChI=1S/C26H31N3O3/c1-18(2)29-17-22(16-24(29)30)26(32)28-14-12-23(13-15-28)27-25(31)21-10-8-20(9-11-21)19-6-4-3-5-7-19/h3-11,18,22-23H,12-17H2,1-2H3,(H,27,31). The van der Waals surface area contributed by atoms with Crippen LogP contribution < -0.4 is 5.32 Å². The van der Waals surface area contributed by atoms with E-state index in [2.05, 4.69) is 5.32 Å². The van der Waals surface area contributed by atoms with Crippen molar-refractivity contribution in [1.29, 1.82) is 0 Å². The maximum Gasteiger partial charge on any atom is 0.251 e. The highest BCUT2D eigenvalue weighted by atomic mass is 16.2. The largest absolute Gasteiger partial charge is 0.349 e. The summed E-state index contributed by atoms with van der Waals surface area (Å²) in [6, 6.07) is 17.9. The molecular weight excluding hydrogens is 402 g/mol. The Morgan fingerprint density at radius 1 is 0.938 bits per heavy atom. The lowest BCUT2D eigenvalue weighted by molar-refractivity contribution is -0.136. The number of benzene rings is 2. The molecule has 2 aromatic rings. The molecule has 6 heteroatoms. The maximum atomic E-state index is 12.9. The Hall–Kier alpha value is -3.15. The van der Waals surface area contributed by atoms with Crippen molar-refractivity contribution in [1.82, 2.24) is 15.1 Å². The molecule has 2 aromatic carbocycles. The molecule has 2 heterocycles. The van der Waals surface area contributed by atoms with Gasteiger partial charge in [0.15, 0.2) is 0 Å². The topological polar surface area (TPSA) is 69.7 Å². The number of carbonyl (C=O) groups excluding carboxylic acids is 3. The monoisotopic (exact) mass is 433 g/mol. The van der Waals surface area contributed by atoms with Gasteiger partial charge in [0.25, 0.3) is 5.91 Å². The Morgan fingerprint density at radius 2 is 1.56 bits per heavy atom. The first kappa shape index (κ1) is 22.1. The second kappa shape index (κ2) is 9.55. The predicted molar refractivity (Wildman–Crippen MR) is 124 cm³/mol. The van der Waals surface area contributed by atoms with Crippen molar-refractivity contribution in [2.45, 2.75) is 45.2 Å². The fourth-order valence-electron chi connectivity index (χ4n) is 4.61. The number of piperidine rings is 1. The fraction of sp³-hybridized carbons (Fsp3) is 0.423. The van der Waals surface area contributed by atoms with E-state index in [0.717, 1.165) is 24.0 Å². The third-order valence-corrected chi connectivity index (χ3v) is 6.53. The van der Waals surface area contributed by atoms with Crippen molar-refractivity contribution in [2.24, 2.45) is 5.92 Å². The molecule has 1 atom stereocenters. The van der Waals surface area contributed by atoms with E-state index in [1.165, 1.54) is 0 Å². The SMILES string of the molecule is CC(C)N1CC(C(=O)N2CCC(NC(=O)c3ccc(-c4ccccc4)cc3)CC2)CC1=O. The van der Waals surface area contributed by atoms with Crippen molar-refractivity contribution in [3.63, 3.8) is 0 Å². The van der Waals surface area contributed by atoms with Gasteiger partial charge in [-0.3, -0.25) is 14.4 Å². The quantitative estimate of drug-likeness (QED) is 0.786. The molecule has 2 saturated heterocycles. The van der Waals surface area contributed by atoms with Gasteiger partial charge in [-0.2, -0.15) is 0 Å². The summed E-state index contributed by atoms with van der Waals surface area (Å²) in [6.45, 7) is 5.71. The zero-order valence-electron chi connectivity index (χ0n) is 18.8. The number of nitrogens with one attached hydrogen (secondary N) is 1. The van der Waals surface area contributed by atoms with Crippen LogP contribution in [0.3, 0.4) is 0 Å². The Kier molecular flexibility index (Phi) is 6.58. The fourth-order valence-corrected chi connectivity index (χ4v) is 4.61. The third-order valence-electron chi connectivity index (χ3n) is 6.53. The molecule has 1 N–H and O–H groups in total. The molecule has 0 bridgehead atoms. The van der Waals surface area contributed by atoms with E-state index < -0.39 is 0 Å². The lowest BCUT2D eigenvalue weighted by Crippen LogP contribution is -2.48. The molecule has 1 unspecified atom stereocenters. The summed E-state index contributed by atoms with van der Waals surface area (Å²) < 4.78 is 0. The molecule has 0 aliphatic carbocycles. The molecule has 168 valence electrons. The lowest BCUT2D eigenvalue weighted by Gasteiger charge is -2.34. The average Bonchev–Trinajstić information content (AvgIpc) is 3.22. The van der Waals surface area contributed by atoms with Crippen LogP contribution in [0, 0.1) is 5.92 Å². The van der Waals surface area contributed by atoms with Crippen LogP contribution in [0.4, 0.5) is 0 Å². The first-order valence-corrected chi connectivity index (χ1v) is 11.5. The third kappa shape index (κ3) is 4.85. The minimum absolute atomic E-state index is 0.0534. The smallest absolute Gasteiger partial charge is 0.251 e. The van der Waals surface area contributed by atoms with Crippen LogP contribution in [-0.4, -0.2) is 59.2 Å². The van der Waals surface area contributed by atoms with Crippen LogP contribution in [0.1, 0.15) is 43.5 Å². The number of rotatable bonds is 5. The first-order chi connectivity index (χ1) is 15.4. The Labute approximate surface area is 189 Å². The van der Waals surface area contributed by atoms with E-state index in [-0.39, 0.29) is 35.7 Å². The zero-order valence-corrected chi connectivity index (χ0v) is 18.8. The van der Waals surface area contributed by atoms with Crippen LogP contribution >= 0.6 is 0 Å². The summed E-state index contributed by atoms with van der Waals surface area (Å²) in [5, 5.41) is 3.11. The predicted octanol–water partition coefficient (Wildman–Crippen LogP) is 3.33. The van der Waals surface area contributed by atoms with E-state index in [1.54, 1.807) is 4.90 Å². The van der Waals surface area contributed by atoms with Gasteiger partial charge in [-0.15, -0.1) is 0 Å². The van der Waals surface area contributed by atoms with E-state index in [1.807, 2.05) is 73.3 Å². The highest BCUT2D eigenvalue weighted by Crippen LogP contribution is 2.24. The molecule has 2 aliphatic rings. The lowest BCUT2D eigenvalue weighted by atomic mass is 10.0. The number of nitrogens with zero attached hydrogens (tertiary/aromatic N) is 2. The summed E-state index contributed by atoms with van der Waals surface area (Å²) in [7, 11) is 0. The second-order valence-electron chi connectivity index (χ2n) is 9.06. The number of carbonyl (C=O) groups is 3. The Balaban J connectivity index is 1.27. The minimum Gasteiger partial charge on any atom is -0.349 e. The Morgan fingerprint density at radius 3 is 2.16 bits per heavy atom. The van der Waals surface area contributed by atoms with Gasteiger partial charge >= 0.3 is 0 Å². The van der Waals surface area contributed by atoms with E-state index in [4.69, 9.17) is 0 Å². The number of hydrogen-bond donors (Lipinski definition) is 1. The van der Waals surface area contributed by atoms with Gasteiger partial charge in [0.2, 0.25) is 11.8 Å². The normalized spacial score (nSPS) is 19.5. The highest BCUT2D eigenvalue weighted by molar-refractivity contribution is 5.95. The van der Waals surface area contributed by atoms with Gasteiger partial charge in [0, 0.05) is 43.7 Å². The summed E-state index contributed by atoms with van der Waals surface area (Å²) in [6.07, 6.45) is 1.77. The van der Waals surface area contributed by atoms with Crippen molar-refractivity contribution in [3.05, 3.63) is 60.2 Å². The average molecular weight is 434 g/mol. The van der Waals surface area contributed by atoms with E-state index in [0.29, 0.717) is 31.6 Å². The van der Waals surface area contributed by atoms with Crippen molar-refractivity contribution >= 4 is 17.7 Å². The molecule has 4 rings (SSSR count). The van der Waals surface area contributed by atoms with Crippen LogP contribution in [0.15, 0.2) is 54.6 Å². The van der Waals surface area contributed by atoms with Gasteiger partial charge in [0.05, 0.1) is 5.92 Å². The zero-order chi connectivity index (χ0) is 22.7. The first-order valence-electron chi connectivity index (χ1n) is 11.5. The summed E-state index contributed by atoms with van der Waals surface area (Å²) in [4.78, 5) is 41.3. The van der Waals surface area contributed by atoms with Crippen LogP contribution in [0.5, 0.6) is 0 Å². The van der Waals surface area contributed by atoms with Gasteiger partial charge in [-0.1, -0.05) is 42.5 Å². The molecule has 6 nitrogen and oxygen atoms in total. The number of hydrogen-bond acceptors (Lipinski definition) is 3. The molecule has 2 fully saturated rings. The molecule has 0 aromatic heterocycles. The van der Waals surface area contributed by atoms with Crippen molar-refractivity contribution < 1.29 is 14.4 Å². The molecule has 0 spiro atoms. The van der Waals surface area contributed by atoms with E-state index in [9.17, 15) is 14.4 Å². The summed E-state index contributed by atoms with van der Waals surface area (Å²) >= 11 is 0. The van der Waals surface area contributed by atoms with Gasteiger partial charge in [-0.05, 0) is 49.9 Å². The van der Waals surface area contributed by atoms with Crippen LogP contribution in [0.25, 0.3) is 11.1 Å². The molecule has 0 saturated carbocycles. The molecule has 3 amide bonds. The Bertz CT molecular complexity index is 964. The molecule has 0 radical (unpaired) electrons. The number of amides is 3. The van der Waals surface area contributed by atoms with Crippen LogP contribution in [0.2, 0.25) is 0 Å². The van der Waals surface area contributed by atoms with Crippen molar-refractivity contribution in [3.8, 4) is 11.1 Å². The maximum absolute atomic E-state index is 12.9. The second-order valence-corrected chi connectivity index (χ2v) is 9.06. The van der Waals surface area contributed by atoms with Crippen molar-refractivity contribution in [2.75, 3.05) is 19.6 Å². The summed E-state index contributed by atoms with van der Waals surface area (Å²) in [5.41, 5.74) is 2.84. The minimum atomic E-state index is -0.237. The van der Waals surface area contributed by atoms with E-state index >= 15 is 0 Å². The van der Waals surface area contributed by atoms with Gasteiger partial charge < -0.3 is 15.1 Å². The highest BCUT2D eigenvalue weighted by Gasteiger charge is 2.38. The van der Waals surface area contributed by atoms with Crippen LogP contribution in [-0.2, 0) is 9.59 Å². The van der Waals surface area contributed by atoms with Gasteiger partial charge in [0.1, 0.15) is 0 Å². The number of likely N-dealkylation sites (tertiary alicyclic amines) is 2.